The zero-order valence-electron chi connectivity index (χ0n) is 8.11. The molecule has 78 valence electrons. The van der Waals surface area contributed by atoms with Crippen LogP contribution in [0.4, 0.5) is 0 Å². The van der Waals surface area contributed by atoms with Crippen LogP contribution in [0.15, 0.2) is 23.7 Å². The SMILES string of the molecule is COCc1cc(-c2ccnc(Cl)n2)cs1. The quantitative estimate of drug-likeness (QED) is 0.774. The Balaban J connectivity index is 2.29. The lowest BCUT2D eigenvalue weighted by atomic mass is 10.2. The van der Waals surface area contributed by atoms with Crippen molar-refractivity contribution in [2.75, 3.05) is 7.11 Å². The summed E-state index contributed by atoms with van der Waals surface area (Å²) in [5.41, 5.74) is 1.89. The number of thiophene rings is 1. The molecule has 15 heavy (non-hydrogen) atoms. The van der Waals surface area contributed by atoms with Crippen LogP contribution in [0.3, 0.4) is 0 Å². The lowest BCUT2D eigenvalue weighted by Gasteiger charge is -1.95. The van der Waals surface area contributed by atoms with E-state index >= 15 is 0 Å². The molecule has 3 nitrogen and oxygen atoms in total. The maximum absolute atomic E-state index is 5.72. The van der Waals surface area contributed by atoms with Crippen molar-refractivity contribution in [3.8, 4) is 11.3 Å². The fraction of sp³-hybridized carbons (Fsp3) is 0.200. The average molecular weight is 241 g/mol. The van der Waals surface area contributed by atoms with E-state index in [1.54, 1.807) is 24.6 Å². The van der Waals surface area contributed by atoms with Crippen LogP contribution < -0.4 is 0 Å². The fourth-order valence-electron chi connectivity index (χ4n) is 1.23. The molecular formula is C10H9ClN2OS. The van der Waals surface area contributed by atoms with E-state index in [-0.39, 0.29) is 5.28 Å². The topological polar surface area (TPSA) is 35.0 Å². The summed E-state index contributed by atoms with van der Waals surface area (Å²) in [5.74, 6) is 0. The van der Waals surface area contributed by atoms with Crippen molar-refractivity contribution in [2.24, 2.45) is 0 Å². The molecule has 0 saturated carbocycles. The number of hydrogen-bond acceptors (Lipinski definition) is 4. The van der Waals surface area contributed by atoms with Crippen LogP contribution in [-0.4, -0.2) is 17.1 Å². The van der Waals surface area contributed by atoms with Crippen LogP contribution in [-0.2, 0) is 11.3 Å². The van der Waals surface area contributed by atoms with Gasteiger partial charge in [0.2, 0.25) is 5.28 Å². The van der Waals surface area contributed by atoms with Crippen LogP contribution in [0.25, 0.3) is 11.3 Å². The summed E-state index contributed by atoms with van der Waals surface area (Å²) in [6.45, 7) is 0.628. The van der Waals surface area contributed by atoms with Gasteiger partial charge >= 0.3 is 0 Å². The summed E-state index contributed by atoms with van der Waals surface area (Å²) in [7, 11) is 1.68. The third-order valence-electron chi connectivity index (χ3n) is 1.86. The molecule has 0 bridgehead atoms. The number of aromatic nitrogens is 2. The highest BCUT2D eigenvalue weighted by Gasteiger charge is 2.04. The third kappa shape index (κ3) is 2.53. The molecule has 0 spiro atoms. The largest absolute Gasteiger partial charge is 0.379 e. The minimum atomic E-state index is 0.270. The first-order valence-electron chi connectivity index (χ1n) is 4.35. The Labute approximate surface area is 96.7 Å². The first-order valence-corrected chi connectivity index (χ1v) is 5.60. The van der Waals surface area contributed by atoms with Gasteiger partial charge in [0.1, 0.15) is 0 Å². The Morgan fingerprint density at radius 1 is 1.53 bits per heavy atom. The van der Waals surface area contributed by atoms with Crippen LogP contribution in [0.2, 0.25) is 5.28 Å². The summed E-state index contributed by atoms with van der Waals surface area (Å²) < 4.78 is 5.05. The zero-order chi connectivity index (χ0) is 10.7. The number of hydrogen-bond donors (Lipinski definition) is 0. The van der Waals surface area contributed by atoms with Gasteiger partial charge in [0, 0.05) is 29.1 Å². The second kappa shape index (κ2) is 4.70. The highest BCUT2D eigenvalue weighted by atomic mass is 35.5. The van der Waals surface area contributed by atoms with E-state index in [9.17, 15) is 0 Å². The van der Waals surface area contributed by atoms with Crippen molar-refractivity contribution >= 4 is 22.9 Å². The molecule has 2 rings (SSSR count). The monoisotopic (exact) mass is 240 g/mol. The van der Waals surface area contributed by atoms with Crippen molar-refractivity contribution in [1.29, 1.82) is 0 Å². The molecule has 0 aromatic carbocycles. The average Bonchev–Trinajstić information content (AvgIpc) is 2.67. The number of rotatable bonds is 3. The minimum Gasteiger partial charge on any atom is -0.379 e. The van der Waals surface area contributed by atoms with Gasteiger partial charge in [0.25, 0.3) is 0 Å². The van der Waals surface area contributed by atoms with E-state index in [4.69, 9.17) is 16.3 Å². The predicted molar refractivity (Wildman–Crippen MR) is 61.1 cm³/mol. The molecule has 2 aromatic heterocycles. The van der Waals surface area contributed by atoms with E-state index in [2.05, 4.69) is 9.97 Å². The highest BCUT2D eigenvalue weighted by Crippen LogP contribution is 2.24. The normalized spacial score (nSPS) is 10.5. The molecule has 0 radical (unpaired) electrons. The summed E-state index contributed by atoms with van der Waals surface area (Å²) in [6, 6.07) is 3.89. The second-order valence-corrected chi connectivity index (χ2v) is 4.28. The van der Waals surface area contributed by atoms with Crippen LogP contribution >= 0.6 is 22.9 Å². The molecule has 0 N–H and O–H groups in total. The Bertz CT molecular complexity index is 458. The van der Waals surface area contributed by atoms with Crippen molar-refractivity contribution in [3.63, 3.8) is 0 Å². The van der Waals surface area contributed by atoms with Gasteiger partial charge in [-0.3, -0.25) is 0 Å². The molecule has 0 saturated heterocycles. The standard InChI is InChI=1S/C10H9ClN2OS/c1-14-5-8-4-7(6-15-8)9-2-3-12-10(11)13-9/h2-4,6H,5H2,1H3. The van der Waals surface area contributed by atoms with E-state index in [0.29, 0.717) is 6.61 Å². The van der Waals surface area contributed by atoms with Crippen molar-refractivity contribution in [3.05, 3.63) is 33.9 Å². The van der Waals surface area contributed by atoms with Gasteiger partial charge in [-0.25, -0.2) is 9.97 Å². The molecule has 2 aromatic rings. The van der Waals surface area contributed by atoms with Crippen LogP contribution in [0.1, 0.15) is 4.88 Å². The van der Waals surface area contributed by atoms with E-state index in [0.717, 1.165) is 11.3 Å². The number of ether oxygens (including phenoxy) is 1. The Morgan fingerprint density at radius 2 is 2.40 bits per heavy atom. The van der Waals surface area contributed by atoms with Gasteiger partial charge in [-0.2, -0.15) is 0 Å². The van der Waals surface area contributed by atoms with E-state index < -0.39 is 0 Å². The molecule has 0 aliphatic heterocycles. The Kier molecular flexibility index (Phi) is 3.30. The lowest BCUT2D eigenvalue weighted by molar-refractivity contribution is 0.187. The van der Waals surface area contributed by atoms with Crippen molar-refractivity contribution < 1.29 is 4.74 Å². The molecule has 0 aliphatic carbocycles. The highest BCUT2D eigenvalue weighted by molar-refractivity contribution is 7.10. The minimum absolute atomic E-state index is 0.270. The van der Waals surface area contributed by atoms with Gasteiger partial charge < -0.3 is 4.74 Å². The second-order valence-electron chi connectivity index (χ2n) is 2.95. The maximum Gasteiger partial charge on any atom is 0.222 e. The first kappa shape index (κ1) is 10.5. The third-order valence-corrected chi connectivity index (χ3v) is 2.95. The molecule has 0 atom stereocenters. The summed E-state index contributed by atoms with van der Waals surface area (Å²) in [6.07, 6.45) is 1.65. The number of nitrogens with zero attached hydrogens (tertiary/aromatic N) is 2. The Morgan fingerprint density at radius 3 is 3.13 bits per heavy atom. The first-order chi connectivity index (χ1) is 7.29. The molecular weight excluding hydrogens is 232 g/mol. The smallest absolute Gasteiger partial charge is 0.222 e. The van der Waals surface area contributed by atoms with Gasteiger partial charge in [-0.1, -0.05) is 0 Å². The summed E-state index contributed by atoms with van der Waals surface area (Å²) in [5, 5.41) is 2.31. The summed E-state index contributed by atoms with van der Waals surface area (Å²) in [4.78, 5) is 9.15. The van der Waals surface area contributed by atoms with E-state index in [1.807, 2.05) is 17.5 Å². The van der Waals surface area contributed by atoms with Crippen LogP contribution in [0.5, 0.6) is 0 Å². The number of methoxy groups -OCH3 is 1. The fourth-order valence-corrected chi connectivity index (χ4v) is 2.22. The number of halogens is 1. The molecule has 5 heteroatoms. The van der Waals surface area contributed by atoms with Gasteiger partial charge in [0.15, 0.2) is 0 Å². The molecule has 2 heterocycles. The molecule has 0 amide bonds. The van der Waals surface area contributed by atoms with Crippen molar-refractivity contribution in [1.82, 2.24) is 9.97 Å². The molecule has 0 fully saturated rings. The van der Waals surface area contributed by atoms with Crippen molar-refractivity contribution in [2.45, 2.75) is 6.61 Å². The summed E-state index contributed by atoms with van der Waals surface area (Å²) >= 11 is 7.37. The molecule has 0 unspecified atom stereocenters. The van der Waals surface area contributed by atoms with Gasteiger partial charge in [-0.15, -0.1) is 11.3 Å². The zero-order valence-corrected chi connectivity index (χ0v) is 9.68. The van der Waals surface area contributed by atoms with Gasteiger partial charge in [0.05, 0.1) is 12.3 Å². The van der Waals surface area contributed by atoms with Crippen LogP contribution in [0, 0.1) is 0 Å². The van der Waals surface area contributed by atoms with Gasteiger partial charge in [-0.05, 0) is 23.7 Å². The molecule has 0 aliphatic rings. The van der Waals surface area contributed by atoms with E-state index in [1.165, 1.54) is 4.88 Å². The predicted octanol–water partition coefficient (Wildman–Crippen LogP) is 3.00. The maximum atomic E-state index is 5.72. The lowest BCUT2D eigenvalue weighted by Crippen LogP contribution is -1.85. The Hall–Kier alpha value is -0.970.